The molecule has 0 spiro atoms. The van der Waals surface area contributed by atoms with E-state index in [0.29, 0.717) is 6.04 Å². The predicted octanol–water partition coefficient (Wildman–Crippen LogP) is 3.24. The molecule has 16 heavy (non-hydrogen) atoms. The van der Waals surface area contributed by atoms with Crippen molar-refractivity contribution in [3.8, 4) is 0 Å². The highest BCUT2D eigenvalue weighted by Gasteiger charge is 2.28. The molecule has 1 N–H and O–H groups in total. The molecule has 0 aromatic rings. The summed E-state index contributed by atoms with van der Waals surface area (Å²) in [6, 6.07) is 0.600. The normalized spacial score (nSPS) is 23.9. The van der Waals surface area contributed by atoms with Gasteiger partial charge in [0.05, 0.1) is 12.9 Å². The first-order valence-electron chi connectivity index (χ1n) is 6.95. The number of nitrogens with one attached hydrogen (secondary N) is 1. The van der Waals surface area contributed by atoms with E-state index in [2.05, 4.69) is 12.2 Å². The summed E-state index contributed by atoms with van der Waals surface area (Å²) in [5.41, 5.74) is 1.52. The van der Waals surface area contributed by atoms with E-state index >= 15 is 0 Å². The fourth-order valence-electron chi connectivity index (χ4n) is 3.00. The molecule has 1 unspecified atom stereocenters. The second kappa shape index (κ2) is 6.29. The highest BCUT2D eigenvalue weighted by molar-refractivity contribution is 5.12. The van der Waals surface area contributed by atoms with Crippen LogP contribution < -0.4 is 5.32 Å². The van der Waals surface area contributed by atoms with Crippen molar-refractivity contribution in [1.82, 2.24) is 5.32 Å². The molecule has 92 valence electrons. The SMILES string of the molecule is CCCNC(C1=COCCC1)C1CCCC1. The number of hydrogen-bond donors (Lipinski definition) is 1. The summed E-state index contributed by atoms with van der Waals surface area (Å²) in [5, 5.41) is 3.73. The summed E-state index contributed by atoms with van der Waals surface area (Å²) in [6.07, 6.45) is 11.3. The van der Waals surface area contributed by atoms with Gasteiger partial charge in [-0.3, -0.25) is 0 Å². The third-order valence-electron chi connectivity index (χ3n) is 3.85. The maximum absolute atomic E-state index is 5.50. The molecular formula is C14H25NO. The van der Waals surface area contributed by atoms with Gasteiger partial charge in [-0.25, -0.2) is 0 Å². The number of ether oxygens (including phenoxy) is 1. The van der Waals surface area contributed by atoms with E-state index in [1.165, 1.54) is 50.5 Å². The van der Waals surface area contributed by atoms with Gasteiger partial charge >= 0.3 is 0 Å². The molecule has 2 aliphatic rings. The Morgan fingerprint density at radius 3 is 2.81 bits per heavy atom. The van der Waals surface area contributed by atoms with E-state index in [-0.39, 0.29) is 0 Å². The average molecular weight is 223 g/mol. The molecular weight excluding hydrogens is 198 g/mol. The van der Waals surface area contributed by atoms with Crippen LogP contribution in [-0.2, 0) is 4.74 Å². The Balaban J connectivity index is 1.97. The van der Waals surface area contributed by atoms with Crippen molar-refractivity contribution in [2.24, 2.45) is 5.92 Å². The van der Waals surface area contributed by atoms with Crippen molar-refractivity contribution in [2.75, 3.05) is 13.2 Å². The molecule has 0 aromatic carbocycles. The highest BCUT2D eigenvalue weighted by atomic mass is 16.5. The topological polar surface area (TPSA) is 21.3 Å². The molecule has 0 bridgehead atoms. The smallest absolute Gasteiger partial charge is 0.0876 e. The van der Waals surface area contributed by atoms with Gasteiger partial charge < -0.3 is 10.1 Å². The summed E-state index contributed by atoms with van der Waals surface area (Å²) in [7, 11) is 0. The van der Waals surface area contributed by atoms with Gasteiger partial charge in [0.25, 0.3) is 0 Å². The van der Waals surface area contributed by atoms with Crippen LogP contribution in [0.4, 0.5) is 0 Å². The molecule has 2 rings (SSSR count). The maximum atomic E-state index is 5.50. The van der Waals surface area contributed by atoms with Gasteiger partial charge in [-0.2, -0.15) is 0 Å². The first-order chi connectivity index (χ1) is 7.92. The minimum atomic E-state index is 0.600. The van der Waals surface area contributed by atoms with Gasteiger partial charge in [-0.05, 0) is 50.1 Å². The van der Waals surface area contributed by atoms with Crippen molar-refractivity contribution in [3.05, 3.63) is 11.8 Å². The molecule has 0 aromatic heterocycles. The van der Waals surface area contributed by atoms with E-state index in [1.54, 1.807) is 0 Å². The minimum absolute atomic E-state index is 0.600. The summed E-state index contributed by atoms with van der Waals surface area (Å²) in [4.78, 5) is 0. The minimum Gasteiger partial charge on any atom is -0.501 e. The Labute approximate surface area is 99.4 Å². The molecule has 0 amide bonds. The zero-order valence-corrected chi connectivity index (χ0v) is 10.5. The van der Waals surface area contributed by atoms with Gasteiger partial charge in [0.1, 0.15) is 0 Å². The van der Waals surface area contributed by atoms with Crippen molar-refractivity contribution < 1.29 is 4.74 Å². The van der Waals surface area contributed by atoms with Crippen LogP contribution in [0, 0.1) is 5.92 Å². The Morgan fingerprint density at radius 1 is 1.38 bits per heavy atom. The molecule has 1 saturated carbocycles. The average Bonchev–Trinajstić information content (AvgIpc) is 2.85. The van der Waals surface area contributed by atoms with Crippen LogP contribution in [0.15, 0.2) is 11.8 Å². The first kappa shape index (κ1) is 12.0. The zero-order chi connectivity index (χ0) is 11.2. The van der Waals surface area contributed by atoms with Crippen LogP contribution in [0.25, 0.3) is 0 Å². The first-order valence-corrected chi connectivity index (χ1v) is 6.95. The van der Waals surface area contributed by atoms with Crippen molar-refractivity contribution in [2.45, 2.75) is 57.9 Å². The van der Waals surface area contributed by atoms with Crippen molar-refractivity contribution in [3.63, 3.8) is 0 Å². The fraction of sp³-hybridized carbons (Fsp3) is 0.857. The number of hydrogen-bond acceptors (Lipinski definition) is 2. The summed E-state index contributed by atoms with van der Waals surface area (Å²) in [5.74, 6) is 0.861. The lowest BCUT2D eigenvalue weighted by Crippen LogP contribution is -2.38. The lowest BCUT2D eigenvalue weighted by molar-refractivity contribution is 0.214. The van der Waals surface area contributed by atoms with Gasteiger partial charge in [0.2, 0.25) is 0 Å². The molecule has 1 aliphatic heterocycles. The summed E-state index contributed by atoms with van der Waals surface area (Å²) < 4.78 is 5.50. The maximum Gasteiger partial charge on any atom is 0.0876 e. The molecule has 1 atom stereocenters. The second-order valence-corrected chi connectivity index (χ2v) is 5.14. The second-order valence-electron chi connectivity index (χ2n) is 5.14. The van der Waals surface area contributed by atoms with Crippen LogP contribution in [-0.4, -0.2) is 19.2 Å². The predicted molar refractivity (Wildman–Crippen MR) is 67.3 cm³/mol. The van der Waals surface area contributed by atoms with Gasteiger partial charge in [0.15, 0.2) is 0 Å². The van der Waals surface area contributed by atoms with E-state index in [1.807, 2.05) is 6.26 Å². The fourth-order valence-corrected chi connectivity index (χ4v) is 3.00. The van der Waals surface area contributed by atoms with E-state index in [9.17, 15) is 0 Å². The Hall–Kier alpha value is -0.500. The van der Waals surface area contributed by atoms with E-state index in [4.69, 9.17) is 4.74 Å². The Kier molecular flexibility index (Phi) is 4.70. The Bertz CT molecular complexity index is 231. The molecule has 1 fully saturated rings. The monoisotopic (exact) mass is 223 g/mol. The third-order valence-corrected chi connectivity index (χ3v) is 3.85. The van der Waals surface area contributed by atoms with Crippen LogP contribution in [0.3, 0.4) is 0 Å². The van der Waals surface area contributed by atoms with E-state index in [0.717, 1.165) is 19.1 Å². The molecule has 1 heterocycles. The standard InChI is InChI=1S/C14H25NO/c1-2-9-15-14(12-6-3-4-7-12)13-8-5-10-16-11-13/h11-12,14-15H,2-10H2,1H3. The number of rotatable bonds is 5. The van der Waals surface area contributed by atoms with Crippen molar-refractivity contribution >= 4 is 0 Å². The van der Waals surface area contributed by atoms with E-state index < -0.39 is 0 Å². The van der Waals surface area contributed by atoms with Crippen LogP contribution >= 0.6 is 0 Å². The summed E-state index contributed by atoms with van der Waals surface area (Å²) >= 11 is 0. The van der Waals surface area contributed by atoms with Gasteiger partial charge in [0, 0.05) is 6.04 Å². The van der Waals surface area contributed by atoms with Crippen LogP contribution in [0.1, 0.15) is 51.9 Å². The molecule has 0 radical (unpaired) electrons. The van der Waals surface area contributed by atoms with Crippen LogP contribution in [0.2, 0.25) is 0 Å². The highest BCUT2D eigenvalue weighted by Crippen LogP contribution is 2.32. The Morgan fingerprint density at radius 2 is 2.19 bits per heavy atom. The lowest BCUT2D eigenvalue weighted by Gasteiger charge is -2.29. The largest absolute Gasteiger partial charge is 0.501 e. The lowest BCUT2D eigenvalue weighted by atomic mass is 9.89. The summed E-state index contributed by atoms with van der Waals surface area (Å²) in [6.45, 7) is 4.29. The third kappa shape index (κ3) is 3.00. The van der Waals surface area contributed by atoms with Crippen molar-refractivity contribution in [1.29, 1.82) is 0 Å². The quantitative estimate of drug-likeness (QED) is 0.772. The molecule has 0 saturated heterocycles. The van der Waals surface area contributed by atoms with Crippen LogP contribution in [0.5, 0.6) is 0 Å². The van der Waals surface area contributed by atoms with Gasteiger partial charge in [-0.15, -0.1) is 0 Å². The zero-order valence-electron chi connectivity index (χ0n) is 10.5. The molecule has 1 aliphatic carbocycles. The molecule has 2 nitrogen and oxygen atoms in total. The van der Waals surface area contributed by atoms with Gasteiger partial charge in [-0.1, -0.05) is 19.8 Å². The molecule has 2 heteroatoms.